The lowest BCUT2D eigenvalue weighted by Crippen LogP contribution is -2.53. The van der Waals surface area contributed by atoms with Crippen LogP contribution in [-0.2, 0) is 5.54 Å². The number of carbonyl (C=O) groups is 1. The zero-order valence-corrected chi connectivity index (χ0v) is 19.9. The van der Waals surface area contributed by atoms with E-state index in [2.05, 4.69) is 26.6 Å². The van der Waals surface area contributed by atoms with Gasteiger partial charge in [-0.1, -0.05) is 34.1 Å². The van der Waals surface area contributed by atoms with Crippen LogP contribution in [-0.4, -0.2) is 29.8 Å². The number of aliphatic hydroxyl groups is 1. The number of hydrogen-bond acceptors (Lipinski definition) is 5. The average molecular weight is 531 g/mol. The molecule has 0 saturated carbocycles. The fourth-order valence-electron chi connectivity index (χ4n) is 3.91. The fraction of sp³-hybridized carbons (Fsp3) is 0.167. The predicted molar refractivity (Wildman–Crippen MR) is 129 cm³/mol. The highest BCUT2D eigenvalue weighted by Crippen LogP contribution is 2.51. The molecule has 33 heavy (non-hydrogen) atoms. The number of methoxy groups -OCH3 is 1. The van der Waals surface area contributed by atoms with Crippen molar-refractivity contribution in [2.24, 2.45) is 0 Å². The predicted octanol–water partition coefficient (Wildman–Crippen LogP) is 4.63. The van der Waals surface area contributed by atoms with Gasteiger partial charge >= 0.3 is 0 Å². The number of ether oxygens (including phenoxy) is 2. The molecule has 3 aromatic rings. The molecule has 6 nitrogen and oxygen atoms in total. The number of hydrogen-bond donors (Lipinski definition) is 3. The summed E-state index contributed by atoms with van der Waals surface area (Å²) in [7, 11) is 1.43. The maximum absolute atomic E-state index is 15.0. The topological polar surface area (TPSA) is 79.8 Å². The number of carbonyl (C=O) groups excluding carboxylic acids is 1. The van der Waals surface area contributed by atoms with Crippen molar-refractivity contribution in [3.8, 4) is 17.2 Å². The largest absolute Gasteiger partial charge is 0.497 e. The van der Waals surface area contributed by atoms with Crippen molar-refractivity contribution in [2.75, 3.05) is 13.7 Å². The first-order chi connectivity index (χ1) is 15.9. The Kier molecular flexibility index (Phi) is 6.64. The van der Waals surface area contributed by atoms with Gasteiger partial charge in [-0.25, -0.2) is 4.39 Å². The lowest BCUT2D eigenvalue weighted by molar-refractivity contribution is 0.0976. The first kappa shape index (κ1) is 23.2. The van der Waals surface area contributed by atoms with E-state index in [1.165, 1.54) is 13.2 Å². The van der Waals surface area contributed by atoms with Crippen molar-refractivity contribution in [1.82, 2.24) is 10.6 Å². The van der Waals surface area contributed by atoms with Crippen LogP contribution in [0.2, 0.25) is 0 Å². The molecule has 9 heteroatoms. The molecule has 0 saturated heterocycles. The Bertz CT molecular complexity index is 1220. The first-order valence-electron chi connectivity index (χ1n) is 10.0. The van der Waals surface area contributed by atoms with Crippen LogP contribution in [0.3, 0.4) is 0 Å². The molecular weight excluding hydrogens is 511 g/mol. The van der Waals surface area contributed by atoms with E-state index in [0.29, 0.717) is 22.4 Å². The summed E-state index contributed by atoms with van der Waals surface area (Å²) in [5, 5.41) is 15.9. The van der Waals surface area contributed by atoms with Crippen LogP contribution < -0.4 is 20.1 Å². The zero-order valence-electron chi connectivity index (χ0n) is 17.5. The highest BCUT2D eigenvalue weighted by molar-refractivity contribution is 9.10. The summed E-state index contributed by atoms with van der Waals surface area (Å²) in [5.41, 5.74) is 0.219. The average Bonchev–Trinajstić information content (AvgIpc) is 2.80. The number of nitrogens with one attached hydrogen (secondary N) is 2. The highest BCUT2D eigenvalue weighted by atomic mass is 79.9. The molecule has 0 spiro atoms. The van der Waals surface area contributed by atoms with Crippen LogP contribution in [0.1, 0.15) is 27.9 Å². The minimum absolute atomic E-state index is 0.0104. The van der Waals surface area contributed by atoms with Gasteiger partial charge in [0, 0.05) is 40.3 Å². The van der Waals surface area contributed by atoms with Gasteiger partial charge in [-0.05, 0) is 48.6 Å². The van der Waals surface area contributed by atoms with Crippen LogP contribution >= 0.6 is 28.1 Å². The molecule has 3 aromatic carbocycles. The van der Waals surface area contributed by atoms with Crippen LogP contribution in [0.25, 0.3) is 0 Å². The molecular formula is C24H20BrFN2O4S. The fourth-order valence-corrected chi connectivity index (χ4v) is 4.54. The van der Waals surface area contributed by atoms with Gasteiger partial charge in [-0.3, -0.25) is 10.1 Å². The minimum atomic E-state index is -1.21. The van der Waals surface area contributed by atoms with E-state index in [1.54, 1.807) is 54.6 Å². The van der Waals surface area contributed by atoms with Crippen LogP contribution in [0.15, 0.2) is 65.1 Å². The van der Waals surface area contributed by atoms with Crippen molar-refractivity contribution in [3.63, 3.8) is 0 Å². The lowest BCUT2D eigenvalue weighted by atomic mass is 9.77. The number of benzene rings is 3. The summed E-state index contributed by atoms with van der Waals surface area (Å²) >= 11 is 8.95. The monoisotopic (exact) mass is 530 g/mol. The van der Waals surface area contributed by atoms with E-state index in [9.17, 15) is 9.90 Å². The SMILES string of the molecule is COc1cc(F)c2c(c1)C(CCO)(NC(=S)NC(=O)c1ccccc1)c1cc(Br)ccc1O2. The van der Waals surface area contributed by atoms with Crippen LogP contribution in [0.5, 0.6) is 17.2 Å². The molecule has 1 amide bonds. The van der Waals surface area contributed by atoms with Crippen molar-refractivity contribution in [1.29, 1.82) is 0 Å². The number of halogens is 2. The maximum atomic E-state index is 15.0. The molecule has 0 radical (unpaired) electrons. The molecule has 1 unspecified atom stereocenters. The van der Waals surface area contributed by atoms with Gasteiger partial charge in [0.25, 0.3) is 5.91 Å². The van der Waals surface area contributed by atoms with E-state index in [-0.39, 0.29) is 29.6 Å². The highest BCUT2D eigenvalue weighted by Gasteiger charge is 2.44. The zero-order chi connectivity index (χ0) is 23.6. The Hall–Kier alpha value is -3.01. The minimum Gasteiger partial charge on any atom is -0.497 e. The molecule has 4 rings (SSSR count). The molecule has 170 valence electrons. The molecule has 1 aliphatic heterocycles. The Morgan fingerprint density at radius 1 is 1.18 bits per heavy atom. The lowest BCUT2D eigenvalue weighted by Gasteiger charge is -2.41. The van der Waals surface area contributed by atoms with Crippen molar-refractivity contribution in [3.05, 3.63) is 87.6 Å². The first-order valence-corrected chi connectivity index (χ1v) is 11.2. The van der Waals surface area contributed by atoms with Gasteiger partial charge in [0.1, 0.15) is 11.5 Å². The second-order valence-corrected chi connectivity index (χ2v) is 8.71. The molecule has 1 heterocycles. The van der Waals surface area contributed by atoms with Crippen LogP contribution in [0.4, 0.5) is 4.39 Å². The second-order valence-electron chi connectivity index (χ2n) is 7.38. The summed E-state index contributed by atoms with van der Waals surface area (Å²) in [4.78, 5) is 12.7. The van der Waals surface area contributed by atoms with Crippen molar-refractivity contribution >= 4 is 39.2 Å². The summed E-state index contributed by atoms with van der Waals surface area (Å²) in [6.07, 6.45) is 0.112. The van der Waals surface area contributed by atoms with E-state index in [1.807, 2.05) is 0 Å². The Morgan fingerprint density at radius 2 is 1.94 bits per heavy atom. The smallest absolute Gasteiger partial charge is 0.257 e. The summed E-state index contributed by atoms with van der Waals surface area (Å²) in [6, 6.07) is 16.8. The third-order valence-electron chi connectivity index (χ3n) is 5.40. The molecule has 0 aliphatic carbocycles. The number of rotatable bonds is 5. The van der Waals surface area contributed by atoms with Gasteiger partial charge in [-0.15, -0.1) is 0 Å². The molecule has 0 fully saturated rings. The molecule has 3 N–H and O–H groups in total. The van der Waals surface area contributed by atoms with Gasteiger partial charge < -0.3 is 19.9 Å². The normalized spacial score (nSPS) is 16.1. The van der Waals surface area contributed by atoms with Crippen molar-refractivity contribution in [2.45, 2.75) is 12.0 Å². The van der Waals surface area contributed by atoms with Gasteiger partial charge in [-0.2, -0.15) is 0 Å². The Morgan fingerprint density at radius 3 is 2.64 bits per heavy atom. The third kappa shape index (κ3) is 4.44. The Balaban J connectivity index is 1.82. The maximum Gasteiger partial charge on any atom is 0.257 e. The van der Waals surface area contributed by atoms with Gasteiger partial charge in [0.2, 0.25) is 0 Å². The van der Waals surface area contributed by atoms with E-state index in [0.717, 1.165) is 4.47 Å². The van der Waals surface area contributed by atoms with E-state index >= 15 is 4.39 Å². The summed E-state index contributed by atoms with van der Waals surface area (Å²) in [6.45, 7) is -0.257. The van der Waals surface area contributed by atoms with Crippen molar-refractivity contribution < 1.29 is 23.8 Å². The molecule has 1 atom stereocenters. The molecule has 0 aromatic heterocycles. The van der Waals surface area contributed by atoms with E-state index < -0.39 is 17.3 Å². The quantitative estimate of drug-likeness (QED) is 0.417. The van der Waals surface area contributed by atoms with Gasteiger partial charge in [0.05, 0.1) is 12.6 Å². The van der Waals surface area contributed by atoms with Crippen LogP contribution in [0, 0.1) is 5.82 Å². The van der Waals surface area contributed by atoms with E-state index in [4.69, 9.17) is 21.7 Å². The molecule has 0 bridgehead atoms. The standard InChI is InChI=1S/C24H20BrFN2O4S/c1-31-16-12-18-21(19(26)13-16)32-20-8-7-15(25)11-17(20)24(18,9-10-29)28-23(33)27-22(30)14-5-3-2-4-6-14/h2-8,11-13,29H,9-10H2,1H3,(H2,27,28,30,33). The second kappa shape index (κ2) is 9.46. The summed E-state index contributed by atoms with van der Waals surface area (Å²) in [5.74, 6) is -0.361. The number of fused-ring (bicyclic) bond motifs is 2. The third-order valence-corrected chi connectivity index (χ3v) is 6.10. The molecule has 1 aliphatic rings. The number of aliphatic hydroxyl groups excluding tert-OH is 1. The number of amides is 1. The van der Waals surface area contributed by atoms with Gasteiger partial charge in [0.15, 0.2) is 16.7 Å². The Labute approximate surface area is 203 Å². The number of thiocarbonyl (C=S) groups is 1. The summed E-state index contributed by atoms with van der Waals surface area (Å²) < 4.78 is 27.0.